The minimum atomic E-state index is 0. The van der Waals surface area contributed by atoms with Gasteiger partial charge in [0.15, 0.2) is 0 Å². The third kappa shape index (κ3) is 2.01. The second-order valence-electron chi connectivity index (χ2n) is 1.90. The Morgan fingerprint density at radius 3 is 2.70 bits per heavy atom. The van der Waals surface area contributed by atoms with Gasteiger partial charge in [0.05, 0.1) is 6.29 Å². The number of aldehydes is 1. The largest absolute Gasteiger partial charge is 0.312 e. The van der Waals surface area contributed by atoms with E-state index in [0.29, 0.717) is 0 Å². The van der Waals surface area contributed by atoms with Crippen LogP contribution in [0.25, 0.3) is 0 Å². The van der Waals surface area contributed by atoms with Crippen molar-refractivity contribution in [2.75, 3.05) is 0 Å². The Morgan fingerprint density at radius 1 is 1.60 bits per heavy atom. The monoisotopic (exact) mass is 170 g/mol. The topological polar surface area (TPSA) is 17.1 Å². The van der Waals surface area contributed by atoms with Crippen molar-refractivity contribution in [3.63, 3.8) is 0 Å². The maximum Gasteiger partial charge on any atom is 0.0952 e. The maximum atomic E-state index is 10.2. The number of rotatable bonds is 1. The van der Waals surface area contributed by atoms with E-state index in [4.69, 9.17) is 0 Å². The first kappa shape index (κ1) is 9.47. The first-order chi connectivity index (χ1) is 4.34. The predicted molar refractivity (Wildman–Crippen MR) is 35.4 cm³/mol. The van der Waals surface area contributed by atoms with Gasteiger partial charge in [0, 0.05) is 18.6 Å². The smallest absolute Gasteiger partial charge is 0.0952 e. The Kier molecular flexibility index (Phi) is 4.09. The van der Waals surface area contributed by atoms with E-state index >= 15 is 0 Å². The summed E-state index contributed by atoms with van der Waals surface area (Å²) in [5.41, 5.74) is 1.72. The number of aryl methyl sites for hydroxylation is 1. The molecular weight excluding hydrogens is 163 g/mol. The van der Waals surface area contributed by atoms with Crippen molar-refractivity contribution in [2.45, 2.75) is 6.92 Å². The molecule has 1 radical (unpaired) electrons. The van der Waals surface area contributed by atoms with Crippen molar-refractivity contribution in [1.29, 1.82) is 0 Å². The number of carbonyl (C=O) groups excluding carboxylic acids is 1. The first-order valence-corrected chi connectivity index (χ1v) is 2.76. The summed E-state index contributed by atoms with van der Waals surface area (Å²) in [5, 5.41) is 0. The van der Waals surface area contributed by atoms with Crippen molar-refractivity contribution >= 4 is 6.29 Å². The second kappa shape index (κ2) is 4.32. The summed E-state index contributed by atoms with van der Waals surface area (Å²) < 4.78 is 0. The molecule has 0 saturated heterocycles. The van der Waals surface area contributed by atoms with Crippen LogP contribution in [0.4, 0.5) is 0 Å². The van der Waals surface area contributed by atoms with E-state index in [1.807, 2.05) is 13.0 Å². The zero-order valence-corrected chi connectivity index (χ0v) is 7.06. The van der Waals surface area contributed by atoms with Gasteiger partial charge in [-0.15, -0.1) is 0 Å². The molecule has 10 heavy (non-hydrogen) atoms. The molecule has 0 aliphatic rings. The van der Waals surface area contributed by atoms with E-state index in [-0.39, 0.29) is 18.6 Å². The molecule has 0 aromatic heterocycles. The van der Waals surface area contributed by atoms with Gasteiger partial charge in [-0.3, -0.25) is 0 Å². The van der Waals surface area contributed by atoms with Crippen LogP contribution in [0.5, 0.6) is 0 Å². The average Bonchev–Trinajstić information content (AvgIpc) is 1.89. The van der Waals surface area contributed by atoms with Crippen LogP contribution >= 0.6 is 0 Å². The van der Waals surface area contributed by atoms with Crippen molar-refractivity contribution in [3.05, 3.63) is 35.4 Å². The van der Waals surface area contributed by atoms with Gasteiger partial charge in [0.2, 0.25) is 0 Å². The van der Waals surface area contributed by atoms with Gasteiger partial charge in [-0.1, -0.05) is 12.5 Å². The fourth-order valence-electron chi connectivity index (χ4n) is 0.648. The van der Waals surface area contributed by atoms with Crippen LogP contribution in [-0.2, 0) is 18.6 Å². The Labute approximate surface area is 72.3 Å². The Hall–Kier alpha value is -0.526. The van der Waals surface area contributed by atoms with E-state index in [9.17, 15) is 4.79 Å². The molecule has 1 nitrogen and oxygen atoms in total. The fraction of sp³-hybridized carbons (Fsp3) is 0.125. The molecule has 0 bridgehead atoms. The summed E-state index contributed by atoms with van der Waals surface area (Å²) in [6.45, 7) is 1.90. The minimum absolute atomic E-state index is 0. The molecule has 0 spiro atoms. The van der Waals surface area contributed by atoms with E-state index in [1.165, 1.54) is 0 Å². The summed E-state index contributed by atoms with van der Waals surface area (Å²) >= 11 is 0. The van der Waals surface area contributed by atoms with Gasteiger partial charge >= 0.3 is 0 Å². The normalized spacial score (nSPS) is 8.10. The second-order valence-corrected chi connectivity index (χ2v) is 1.90. The quantitative estimate of drug-likeness (QED) is 0.462. The molecule has 1 aromatic rings. The molecule has 0 fully saturated rings. The summed E-state index contributed by atoms with van der Waals surface area (Å²) in [5.74, 6) is 0. The predicted octanol–water partition coefficient (Wildman–Crippen LogP) is 1.61. The third-order valence-electron chi connectivity index (χ3n) is 1.25. The maximum absolute atomic E-state index is 10.2. The summed E-state index contributed by atoms with van der Waals surface area (Å²) in [7, 11) is 0. The van der Waals surface area contributed by atoms with Gasteiger partial charge in [0.25, 0.3) is 0 Å². The molecule has 0 amide bonds. The molecular formula is C8H7OV-. The van der Waals surface area contributed by atoms with Crippen molar-refractivity contribution in [1.82, 2.24) is 0 Å². The van der Waals surface area contributed by atoms with Crippen molar-refractivity contribution in [2.24, 2.45) is 0 Å². The Morgan fingerprint density at radius 2 is 2.30 bits per heavy atom. The van der Waals surface area contributed by atoms with E-state index in [0.717, 1.165) is 17.4 Å². The van der Waals surface area contributed by atoms with Crippen LogP contribution in [-0.4, -0.2) is 6.29 Å². The van der Waals surface area contributed by atoms with E-state index < -0.39 is 0 Å². The summed E-state index contributed by atoms with van der Waals surface area (Å²) in [6.07, 6.45) is 0.839. The molecule has 0 unspecified atom stereocenters. The van der Waals surface area contributed by atoms with E-state index in [2.05, 4.69) is 6.07 Å². The average molecular weight is 170 g/mol. The van der Waals surface area contributed by atoms with Gasteiger partial charge in [-0.2, -0.15) is 29.8 Å². The van der Waals surface area contributed by atoms with Crippen molar-refractivity contribution in [3.8, 4) is 0 Å². The van der Waals surface area contributed by atoms with Crippen molar-refractivity contribution < 1.29 is 23.4 Å². The van der Waals surface area contributed by atoms with Crippen LogP contribution in [0.3, 0.4) is 0 Å². The number of hydrogen-bond acceptors (Lipinski definition) is 1. The molecule has 2 heteroatoms. The molecule has 0 saturated carbocycles. The Bertz CT molecular complexity index is 220. The third-order valence-corrected chi connectivity index (χ3v) is 1.25. The summed E-state index contributed by atoms with van der Waals surface area (Å²) in [6, 6.07) is 8.16. The van der Waals surface area contributed by atoms with Gasteiger partial charge in [-0.25, -0.2) is 0 Å². The van der Waals surface area contributed by atoms with E-state index in [1.54, 1.807) is 12.1 Å². The zero-order valence-electron chi connectivity index (χ0n) is 5.66. The SMILES string of the molecule is Cc1cc[c-]cc1C=O.[V]. The van der Waals surface area contributed by atoms with Crippen LogP contribution < -0.4 is 0 Å². The van der Waals surface area contributed by atoms with Crippen LogP contribution in [0.15, 0.2) is 18.2 Å². The summed E-state index contributed by atoms with van der Waals surface area (Å²) in [4.78, 5) is 10.2. The van der Waals surface area contributed by atoms with Crippen LogP contribution in [0, 0.1) is 13.0 Å². The van der Waals surface area contributed by atoms with Gasteiger partial charge in [0.1, 0.15) is 0 Å². The van der Waals surface area contributed by atoms with Crippen LogP contribution in [0.2, 0.25) is 0 Å². The molecule has 0 heterocycles. The molecule has 0 aliphatic carbocycles. The zero-order chi connectivity index (χ0) is 6.69. The Balaban J connectivity index is 0.000000810. The van der Waals surface area contributed by atoms with Gasteiger partial charge in [-0.05, 0) is 0 Å². The standard InChI is InChI=1S/C8H7O.V/c1-7-4-2-3-5-8(7)6-9;/h2,4-6H,1H3;/q-1;. The number of carbonyl (C=O) groups is 1. The van der Waals surface area contributed by atoms with Gasteiger partial charge < -0.3 is 4.79 Å². The molecule has 0 N–H and O–H groups in total. The first-order valence-electron chi connectivity index (χ1n) is 2.76. The fourth-order valence-corrected chi connectivity index (χ4v) is 0.648. The molecule has 1 aromatic carbocycles. The van der Waals surface area contributed by atoms with Crippen LogP contribution in [0.1, 0.15) is 15.9 Å². The number of hydrogen-bond donors (Lipinski definition) is 0. The minimum Gasteiger partial charge on any atom is -0.312 e. The molecule has 0 atom stereocenters. The number of benzene rings is 1. The molecule has 0 aliphatic heterocycles. The molecule has 51 valence electrons. The molecule has 1 rings (SSSR count).